The van der Waals surface area contributed by atoms with Gasteiger partial charge in [0.25, 0.3) is 0 Å². The van der Waals surface area contributed by atoms with E-state index in [0.717, 1.165) is 17.4 Å². The summed E-state index contributed by atoms with van der Waals surface area (Å²) in [6, 6.07) is 11.7. The Bertz CT molecular complexity index is 848. The monoisotopic (exact) mass is 382 g/mol. The van der Waals surface area contributed by atoms with E-state index >= 15 is 0 Å². The molecule has 0 saturated heterocycles. The van der Waals surface area contributed by atoms with Crippen molar-refractivity contribution in [1.29, 1.82) is 0 Å². The number of thioether (sulfide) groups is 1. The predicted octanol–water partition coefficient (Wildman–Crippen LogP) is 4.35. The highest BCUT2D eigenvalue weighted by Gasteiger charge is 2.43. The normalized spacial score (nSPS) is 12.7. The lowest BCUT2D eigenvalue weighted by atomic mass is 10.3. The average molecular weight is 382 g/mol. The number of alkyl halides is 3. The minimum atomic E-state index is -4.71. The number of para-hydroxylation sites is 1. The summed E-state index contributed by atoms with van der Waals surface area (Å²) in [6.07, 6.45) is -2.67. The second-order valence-corrected chi connectivity index (χ2v) is 6.13. The van der Waals surface area contributed by atoms with Crippen LogP contribution in [-0.2, 0) is 4.74 Å². The van der Waals surface area contributed by atoms with Crippen LogP contribution in [0.4, 0.5) is 13.2 Å². The Morgan fingerprint density at radius 3 is 2.65 bits per heavy atom. The van der Waals surface area contributed by atoms with Crippen LogP contribution in [-0.4, -0.2) is 33.6 Å². The van der Waals surface area contributed by atoms with Crippen LogP contribution in [0.1, 0.15) is 10.6 Å². The van der Waals surface area contributed by atoms with E-state index in [1.807, 2.05) is 30.3 Å². The fraction of sp³-hybridized carbons (Fsp3) is 0.176. The van der Waals surface area contributed by atoms with Gasteiger partial charge in [-0.25, -0.2) is 9.78 Å². The molecule has 1 atom stereocenters. The number of benzene rings is 1. The van der Waals surface area contributed by atoms with E-state index in [4.69, 9.17) is 4.42 Å². The molecule has 0 bridgehead atoms. The third-order valence-corrected chi connectivity index (χ3v) is 4.37. The molecule has 0 saturated carbocycles. The van der Waals surface area contributed by atoms with Gasteiger partial charge in [0.1, 0.15) is 0 Å². The topological polar surface area (TPSA) is 57.3 Å². The van der Waals surface area contributed by atoms with Gasteiger partial charge < -0.3 is 9.15 Å². The fourth-order valence-corrected chi connectivity index (χ4v) is 3.11. The molecule has 1 unspecified atom stereocenters. The van der Waals surface area contributed by atoms with Gasteiger partial charge in [-0.2, -0.15) is 13.2 Å². The molecule has 9 heteroatoms. The Kier molecular flexibility index (Phi) is 5.36. The van der Waals surface area contributed by atoms with Crippen molar-refractivity contribution in [2.45, 2.75) is 17.4 Å². The van der Waals surface area contributed by atoms with Crippen LogP contribution in [0.2, 0.25) is 0 Å². The third-order valence-electron chi connectivity index (χ3n) is 3.34. The summed E-state index contributed by atoms with van der Waals surface area (Å²) in [7, 11) is 0. The molecule has 0 radical (unpaired) electrons. The molecule has 0 fully saturated rings. The first-order valence-electron chi connectivity index (χ1n) is 7.48. The highest BCUT2D eigenvalue weighted by molar-refractivity contribution is 7.99. The van der Waals surface area contributed by atoms with Gasteiger partial charge in [-0.1, -0.05) is 30.0 Å². The van der Waals surface area contributed by atoms with Crippen LogP contribution >= 0.6 is 11.8 Å². The van der Waals surface area contributed by atoms with Gasteiger partial charge in [-0.05, 0) is 24.3 Å². The molecule has 0 spiro atoms. The Morgan fingerprint density at radius 2 is 2.00 bits per heavy atom. The number of halogens is 3. The maximum atomic E-state index is 13.2. The number of carbonyl (C=O) groups excluding carboxylic acids is 1. The standard InChI is InChI=1S/C17H13F3N2O3S/c18-17(19,20)14(25-15(23)13-7-4-10-24-13)11-26-16-21-8-9-22(16)12-5-2-1-3-6-12/h1-10,14H,11H2. The number of carbonyl (C=O) groups is 1. The summed E-state index contributed by atoms with van der Waals surface area (Å²) >= 11 is 0.847. The highest BCUT2D eigenvalue weighted by Crippen LogP contribution is 2.30. The number of hydrogen-bond donors (Lipinski definition) is 0. The van der Waals surface area contributed by atoms with E-state index in [1.54, 1.807) is 10.8 Å². The number of nitrogens with zero attached hydrogens (tertiary/aromatic N) is 2. The number of furan rings is 1. The number of hydrogen-bond acceptors (Lipinski definition) is 5. The minimum Gasteiger partial charge on any atom is -0.457 e. The van der Waals surface area contributed by atoms with Crippen molar-refractivity contribution in [2.24, 2.45) is 0 Å². The van der Waals surface area contributed by atoms with Gasteiger partial charge in [-0.3, -0.25) is 4.57 Å². The predicted molar refractivity (Wildman–Crippen MR) is 88.3 cm³/mol. The van der Waals surface area contributed by atoms with E-state index in [2.05, 4.69) is 9.72 Å². The Balaban J connectivity index is 1.71. The van der Waals surface area contributed by atoms with E-state index in [9.17, 15) is 18.0 Å². The Morgan fingerprint density at radius 1 is 1.23 bits per heavy atom. The molecule has 0 aliphatic rings. The van der Waals surface area contributed by atoms with Gasteiger partial charge in [0.05, 0.1) is 6.26 Å². The first-order valence-corrected chi connectivity index (χ1v) is 8.46. The summed E-state index contributed by atoms with van der Waals surface area (Å²) in [6.45, 7) is 0. The molecule has 3 rings (SSSR count). The zero-order valence-corrected chi connectivity index (χ0v) is 14.0. The zero-order valence-electron chi connectivity index (χ0n) is 13.2. The SMILES string of the molecule is O=C(OC(CSc1nccn1-c1ccccc1)C(F)(F)F)c1ccco1. The van der Waals surface area contributed by atoms with Crippen molar-refractivity contribution in [3.8, 4) is 5.69 Å². The first kappa shape index (κ1) is 18.1. The van der Waals surface area contributed by atoms with Gasteiger partial charge >= 0.3 is 12.1 Å². The third kappa shape index (κ3) is 4.29. The second kappa shape index (κ2) is 7.69. The maximum Gasteiger partial charge on any atom is 0.426 e. The van der Waals surface area contributed by atoms with Crippen molar-refractivity contribution in [1.82, 2.24) is 9.55 Å². The quantitative estimate of drug-likeness (QED) is 0.469. The van der Waals surface area contributed by atoms with Crippen molar-refractivity contribution < 1.29 is 27.1 Å². The number of ether oxygens (including phenoxy) is 1. The van der Waals surface area contributed by atoms with E-state index < -0.39 is 24.0 Å². The summed E-state index contributed by atoms with van der Waals surface area (Å²) in [5, 5.41) is 0.361. The minimum absolute atomic E-state index is 0.282. The van der Waals surface area contributed by atoms with E-state index in [0.29, 0.717) is 5.16 Å². The number of esters is 1. The Labute approximate surface area is 150 Å². The molecule has 0 aliphatic heterocycles. The van der Waals surface area contributed by atoms with Crippen LogP contribution in [0.5, 0.6) is 0 Å². The molecule has 1 aromatic carbocycles. The molecule has 0 aliphatic carbocycles. The van der Waals surface area contributed by atoms with Crippen molar-refractivity contribution in [3.63, 3.8) is 0 Å². The van der Waals surface area contributed by atoms with Crippen LogP contribution in [0, 0.1) is 0 Å². The molecule has 136 valence electrons. The van der Waals surface area contributed by atoms with E-state index in [1.165, 1.54) is 24.6 Å². The molecule has 2 heterocycles. The van der Waals surface area contributed by atoms with Gasteiger partial charge in [-0.15, -0.1) is 0 Å². The zero-order chi connectivity index (χ0) is 18.6. The molecular formula is C17H13F3N2O3S. The summed E-state index contributed by atoms with van der Waals surface area (Å²) < 4.78 is 50.7. The molecular weight excluding hydrogens is 369 g/mol. The van der Waals surface area contributed by atoms with Gasteiger partial charge in [0.15, 0.2) is 5.16 Å². The largest absolute Gasteiger partial charge is 0.457 e. The first-order chi connectivity index (χ1) is 12.4. The number of aromatic nitrogens is 2. The Hall–Kier alpha value is -2.68. The average Bonchev–Trinajstić information content (AvgIpc) is 3.29. The summed E-state index contributed by atoms with van der Waals surface area (Å²) in [4.78, 5) is 15.8. The van der Waals surface area contributed by atoms with Crippen molar-refractivity contribution >= 4 is 17.7 Å². The molecule has 5 nitrogen and oxygen atoms in total. The van der Waals surface area contributed by atoms with Crippen molar-refractivity contribution in [3.05, 3.63) is 66.9 Å². The van der Waals surface area contributed by atoms with Crippen molar-refractivity contribution in [2.75, 3.05) is 5.75 Å². The van der Waals surface area contributed by atoms with Gasteiger partial charge in [0, 0.05) is 23.8 Å². The van der Waals surface area contributed by atoms with Crippen LogP contribution in [0.3, 0.4) is 0 Å². The number of rotatable bonds is 6. The van der Waals surface area contributed by atoms with Crippen LogP contribution in [0.15, 0.2) is 70.7 Å². The van der Waals surface area contributed by atoms with E-state index in [-0.39, 0.29) is 5.76 Å². The molecule has 26 heavy (non-hydrogen) atoms. The smallest absolute Gasteiger partial charge is 0.426 e. The highest BCUT2D eigenvalue weighted by atomic mass is 32.2. The molecule has 0 N–H and O–H groups in total. The van der Waals surface area contributed by atoms with Crippen LogP contribution in [0.25, 0.3) is 5.69 Å². The number of imidazole rings is 1. The molecule has 2 aromatic heterocycles. The maximum absolute atomic E-state index is 13.2. The second-order valence-electron chi connectivity index (χ2n) is 5.14. The van der Waals surface area contributed by atoms with Gasteiger partial charge in [0.2, 0.25) is 11.9 Å². The lowest BCUT2D eigenvalue weighted by molar-refractivity contribution is -0.197. The molecule has 0 amide bonds. The fourth-order valence-electron chi connectivity index (χ4n) is 2.11. The molecule has 3 aromatic rings. The lowest BCUT2D eigenvalue weighted by Crippen LogP contribution is -2.36. The van der Waals surface area contributed by atoms with Crippen LogP contribution < -0.4 is 0 Å². The summed E-state index contributed by atoms with van der Waals surface area (Å²) in [5.41, 5.74) is 0.767. The summed E-state index contributed by atoms with van der Waals surface area (Å²) in [5.74, 6) is -1.97. The lowest BCUT2D eigenvalue weighted by Gasteiger charge is -2.19.